The van der Waals surface area contributed by atoms with Crippen LogP contribution in [0.5, 0.6) is 0 Å². The highest BCUT2D eigenvalue weighted by atomic mass is 16.5. The molecular weight excluding hydrogens is 358 g/mol. The van der Waals surface area contributed by atoms with Crippen molar-refractivity contribution in [2.24, 2.45) is 0 Å². The molecule has 0 spiro atoms. The minimum Gasteiger partial charge on any atom is -0.451 e. The third-order valence-corrected chi connectivity index (χ3v) is 4.83. The summed E-state index contributed by atoms with van der Waals surface area (Å²) >= 11 is 0. The van der Waals surface area contributed by atoms with Gasteiger partial charge < -0.3 is 19.4 Å². The number of hydrogen-bond acceptors (Lipinski definition) is 6. The molecule has 3 aromatic rings. The van der Waals surface area contributed by atoms with E-state index in [0.717, 1.165) is 29.8 Å². The number of Topliss-reactive ketones (excluding diaryl/α,β-unsaturated/α-hetero) is 1. The molecule has 1 fully saturated rings. The first-order valence-electron chi connectivity index (χ1n) is 9.23. The van der Waals surface area contributed by atoms with Crippen LogP contribution < -0.4 is 4.90 Å². The van der Waals surface area contributed by atoms with Gasteiger partial charge in [-0.3, -0.25) is 4.79 Å². The number of hydrogen-bond donors (Lipinski definition) is 1. The molecule has 0 saturated carbocycles. The van der Waals surface area contributed by atoms with Crippen LogP contribution in [0.4, 0.5) is 5.82 Å². The van der Waals surface area contributed by atoms with Crippen molar-refractivity contribution in [1.29, 1.82) is 0 Å². The van der Waals surface area contributed by atoms with Gasteiger partial charge in [-0.1, -0.05) is 18.2 Å². The van der Waals surface area contributed by atoms with Gasteiger partial charge in [0.15, 0.2) is 6.10 Å². The number of H-pyrrole nitrogens is 1. The Balaban J connectivity index is 1.43. The first-order chi connectivity index (χ1) is 13.6. The number of rotatable bonds is 5. The van der Waals surface area contributed by atoms with Crippen LogP contribution in [0, 0.1) is 0 Å². The predicted molar refractivity (Wildman–Crippen MR) is 105 cm³/mol. The van der Waals surface area contributed by atoms with Gasteiger partial charge in [0.25, 0.3) is 0 Å². The molecule has 1 aliphatic heterocycles. The van der Waals surface area contributed by atoms with E-state index in [2.05, 4.69) is 14.9 Å². The molecule has 4 rings (SSSR count). The summed E-state index contributed by atoms with van der Waals surface area (Å²) in [6, 6.07) is 11.0. The smallest absolute Gasteiger partial charge is 0.340 e. The topological polar surface area (TPSA) is 84.5 Å². The SMILES string of the molecule is C[C@H](OC(=O)c1ccc(N2CCOCC2)nc1)C(=O)c1c[nH]c2ccccc12. The summed E-state index contributed by atoms with van der Waals surface area (Å²) in [6.45, 7) is 4.45. The number of aromatic amines is 1. The first kappa shape index (κ1) is 18.2. The summed E-state index contributed by atoms with van der Waals surface area (Å²) < 4.78 is 10.7. The Hall–Kier alpha value is -3.19. The number of ether oxygens (including phenoxy) is 2. The van der Waals surface area contributed by atoms with Crippen LogP contribution in [-0.2, 0) is 9.47 Å². The maximum absolute atomic E-state index is 12.7. The van der Waals surface area contributed by atoms with Gasteiger partial charge in [-0.15, -0.1) is 0 Å². The number of anilines is 1. The number of esters is 1. The second-order valence-corrected chi connectivity index (χ2v) is 6.66. The van der Waals surface area contributed by atoms with Gasteiger partial charge in [-0.25, -0.2) is 9.78 Å². The van der Waals surface area contributed by atoms with Crippen molar-refractivity contribution in [2.75, 3.05) is 31.2 Å². The molecule has 2 aromatic heterocycles. The average Bonchev–Trinajstić information content (AvgIpc) is 3.18. The third kappa shape index (κ3) is 3.61. The van der Waals surface area contributed by atoms with E-state index in [1.165, 1.54) is 6.20 Å². The van der Waals surface area contributed by atoms with Gasteiger partial charge >= 0.3 is 5.97 Å². The van der Waals surface area contributed by atoms with Crippen molar-refractivity contribution in [3.8, 4) is 0 Å². The van der Waals surface area contributed by atoms with Crippen molar-refractivity contribution < 1.29 is 19.1 Å². The zero-order valence-corrected chi connectivity index (χ0v) is 15.6. The van der Waals surface area contributed by atoms with Gasteiger partial charge in [0.05, 0.1) is 18.8 Å². The Kier molecular flexibility index (Phi) is 5.08. The quantitative estimate of drug-likeness (QED) is 0.542. The van der Waals surface area contributed by atoms with Crippen LogP contribution in [-0.4, -0.2) is 54.1 Å². The van der Waals surface area contributed by atoms with E-state index in [9.17, 15) is 9.59 Å². The second kappa shape index (κ2) is 7.82. The highest BCUT2D eigenvalue weighted by molar-refractivity contribution is 6.10. The summed E-state index contributed by atoms with van der Waals surface area (Å²) in [4.78, 5) is 34.6. The molecule has 28 heavy (non-hydrogen) atoms. The number of ketones is 1. The Morgan fingerprint density at radius 1 is 1.18 bits per heavy atom. The number of pyridine rings is 1. The van der Waals surface area contributed by atoms with Gasteiger partial charge in [-0.05, 0) is 25.1 Å². The molecule has 3 heterocycles. The fourth-order valence-corrected chi connectivity index (χ4v) is 3.26. The van der Waals surface area contributed by atoms with Gasteiger partial charge in [0, 0.05) is 41.9 Å². The van der Waals surface area contributed by atoms with E-state index >= 15 is 0 Å². The Morgan fingerprint density at radius 3 is 2.71 bits per heavy atom. The number of carbonyl (C=O) groups excluding carboxylic acids is 2. The fraction of sp³-hybridized carbons (Fsp3) is 0.286. The molecular formula is C21H21N3O4. The number of carbonyl (C=O) groups is 2. The molecule has 7 heteroatoms. The number of aromatic nitrogens is 2. The van der Waals surface area contributed by atoms with Crippen molar-refractivity contribution in [1.82, 2.24) is 9.97 Å². The molecule has 1 atom stereocenters. The summed E-state index contributed by atoms with van der Waals surface area (Å²) in [7, 11) is 0. The standard InChI is InChI=1S/C21H21N3O4/c1-14(20(25)17-13-22-18-5-3-2-4-16(17)18)28-21(26)15-6-7-19(23-12-15)24-8-10-27-11-9-24/h2-7,12-14,22H,8-11H2,1H3/t14-/m0/s1. The van der Waals surface area contributed by atoms with E-state index < -0.39 is 12.1 Å². The number of benzene rings is 1. The van der Waals surface area contributed by atoms with E-state index in [4.69, 9.17) is 9.47 Å². The van der Waals surface area contributed by atoms with Crippen molar-refractivity contribution in [3.63, 3.8) is 0 Å². The molecule has 1 N–H and O–H groups in total. The molecule has 0 unspecified atom stereocenters. The van der Waals surface area contributed by atoms with Crippen molar-refractivity contribution >= 4 is 28.5 Å². The molecule has 0 bridgehead atoms. The van der Waals surface area contributed by atoms with Crippen LogP contribution in [0.25, 0.3) is 10.9 Å². The first-order valence-corrected chi connectivity index (χ1v) is 9.23. The van der Waals surface area contributed by atoms with Gasteiger partial charge in [0.2, 0.25) is 5.78 Å². The largest absolute Gasteiger partial charge is 0.451 e. The minimum atomic E-state index is -0.898. The van der Waals surface area contributed by atoms with Crippen LogP contribution in [0.1, 0.15) is 27.6 Å². The molecule has 144 valence electrons. The molecule has 7 nitrogen and oxygen atoms in total. The number of fused-ring (bicyclic) bond motifs is 1. The molecule has 0 amide bonds. The highest BCUT2D eigenvalue weighted by Crippen LogP contribution is 2.20. The van der Waals surface area contributed by atoms with Crippen LogP contribution in [0.3, 0.4) is 0 Å². The van der Waals surface area contributed by atoms with Gasteiger partial charge in [-0.2, -0.15) is 0 Å². The van der Waals surface area contributed by atoms with Crippen LogP contribution >= 0.6 is 0 Å². The number of nitrogens with zero attached hydrogens (tertiary/aromatic N) is 2. The molecule has 0 radical (unpaired) electrons. The van der Waals surface area contributed by atoms with Crippen molar-refractivity contribution in [3.05, 3.63) is 59.9 Å². The lowest BCUT2D eigenvalue weighted by molar-refractivity contribution is 0.0319. The van der Waals surface area contributed by atoms with Crippen molar-refractivity contribution in [2.45, 2.75) is 13.0 Å². The lowest BCUT2D eigenvalue weighted by atomic mass is 10.1. The maximum atomic E-state index is 12.7. The summed E-state index contributed by atoms with van der Waals surface area (Å²) in [6.07, 6.45) is 2.23. The van der Waals surface area contributed by atoms with Crippen LogP contribution in [0.15, 0.2) is 48.8 Å². The summed E-state index contributed by atoms with van der Waals surface area (Å²) in [5.41, 5.74) is 1.69. The minimum absolute atomic E-state index is 0.247. The Labute approximate surface area is 162 Å². The number of nitrogens with one attached hydrogen (secondary N) is 1. The zero-order valence-electron chi connectivity index (χ0n) is 15.6. The Bertz CT molecular complexity index is 990. The summed E-state index contributed by atoms with van der Waals surface area (Å²) in [5.74, 6) is -0.0202. The zero-order chi connectivity index (χ0) is 19.5. The molecule has 1 aromatic carbocycles. The summed E-state index contributed by atoms with van der Waals surface area (Å²) in [5, 5.41) is 0.812. The lowest BCUT2D eigenvalue weighted by Gasteiger charge is -2.27. The third-order valence-electron chi connectivity index (χ3n) is 4.83. The van der Waals surface area contributed by atoms with E-state index in [1.54, 1.807) is 25.3 Å². The fourth-order valence-electron chi connectivity index (χ4n) is 3.26. The van der Waals surface area contributed by atoms with Crippen LogP contribution in [0.2, 0.25) is 0 Å². The highest BCUT2D eigenvalue weighted by Gasteiger charge is 2.23. The lowest BCUT2D eigenvalue weighted by Crippen LogP contribution is -2.36. The van der Waals surface area contributed by atoms with Gasteiger partial charge in [0.1, 0.15) is 5.82 Å². The number of morpholine rings is 1. The number of para-hydroxylation sites is 1. The molecule has 1 aliphatic rings. The van der Waals surface area contributed by atoms with E-state index in [-0.39, 0.29) is 5.78 Å². The van der Waals surface area contributed by atoms with E-state index in [0.29, 0.717) is 24.3 Å². The Morgan fingerprint density at radius 2 is 1.96 bits per heavy atom. The monoisotopic (exact) mass is 379 g/mol. The predicted octanol–water partition coefficient (Wildman–Crippen LogP) is 2.83. The average molecular weight is 379 g/mol. The maximum Gasteiger partial charge on any atom is 0.340 e. The molecule has 0 aliphatic carbocycles. The normalized spacial score (nSPS) is 15.4. The molecule has 1 saturated heterocycles. The van der Waals surface area contributed by atoms with E-state index in [1.807, 2.05) is 24.3 Å². The second-order valence-electron chi connectivity index (χ2n) is 6.66.